The predicted octanol–water partition coefficient (Wildman–Crippen LogP) is 5.68. The summed E-state index contributed by atoms with van der Waals surface area (Å²) in [4.78, 5) is 17.6. The number of nitrogens with zero attached hydrogens (tertiary/aromatic N) is 6. The SMILES string of the molecule is CC(F)C(F)(F)CCc1ccc(-n2cnn([C@H](C)[C@](Cn3cncn3)(c3ccc(F)cc3F)C(C)C)c2=O)cc1. The summed E-state index contributed by atoms with van der Waals surface area (Å²) < 4.78 is 73.7. The Morgan fingerprint density at radius 2 is 1.65 bits per heavy atom. The van der Waals surface area contributed by atoms with Crippen LogP contribution in [0.3, 0.4) is 0 Å². The Morgan fingerprint density at radius 3 is 2.23 bits per heavy atom. The molecule has 0 aliphatic carbocycles. The van der Waals surface area contributed by atoms with Crippen molar-refractivity contribution in [1.29, 1.82) is 0 Å². The molecule has 0 N–H and O–H groups in total. The first-order valence-electron chi connectivity index (χ1n) is 12.9. The molecule has 0 aliphatic rings. The molecule has 40 heavy (non-hydrogen) atoms. The third kappa shape index (κ3) is 5.57. The minimum Gasteiger partial charge on any atom is -0.252 e. The van der Waals surface area contributed by atoms with Gasteiger partial charge in [-0.3, -0.25) is 4.68 Å². The fraction of sp³-hybridized carbons (Fsp3) is 0.429. The molecule has 3 atom stereocenters. The lowest BCUT2D eigenvalue weighted by atomic mass is 9.66. The molecule has 2 aromatic carbocycles. The van der Waals surface area contributed by atoms with Gasteiger partial charge in [-0.1, -0.05) is 32.0 Å². The van der Waals surface area contributed by atoms with Crippen molar-refractivity contribution >= 4 is 0 Å². The second-order valence-electron chi connectivity index (χ2n) is 10.4. The molecule has 2 heterocycles. The van der Waals surface area contributed by atoms with Gasteiger partial charge in [-0.25, -0.2) is 41.0 Å². The summed E-state index contributed by atoms with van der Waals surface area (Å²) >= 11 is 0. The fourth-order valence-corrected chi connectivity index (χ4v) is 5.18. The second-order valence-corrected chi connectivity index (χ2v) is 10.4. The van der Waals surface area contributed by atoms with Gasteiger partial charge in [0.2, 0.25) is 0 Å². The summed E-state index contributed by atoms with van der Waals surface area (Å²) in [6, 6.07) is 9.02. The maximum atomic E-state index is 15.3. The number of aromatic nitrogens is 6. The molecular weight excluding hydrogens is 531 g/mol. The first-order valence-corrected chi connectivity index (χ1v) is 12.9. The maximum absolute atomic E-state index is 15.3. The quantitative estimate of drug-likeness (QED) is 0.221. The highest BCUT2D eigenvalue weighted by Gasteiger charge is 2.46. The third-order valence-corrected chi connectivity index (χ3v) is 7.70. The van der Waals surface area contributed by atoms with Crippen molar-refractivity contribution in [1.82, 2.24) is 29.1 Å². The van der Waals surface area contributed by atoms with Gasteiger partial charge in [-0.05, 0) is 55.5 Å². The van der Waals surface area contributed by atoms with Crippen molar-refractivity contribution in [3.63, 3.8) is 0 Å². The van der Waals surface area contributed by atoms with Crippen molar-refractivity contribution in [3.8, 4) is 5.69 Å². The van der Waals surface area contributed by atoms with E-state index < -0.39 is 47.3 Å². The number of alkyl halides is 3. The van der Waals surface area contributed by atoms with Gasteiger partial charge in [0.15, 0.2) is 6.17 Å². The summed E-state index contributed by atoms with van der Waals surface area (Å²) in [5.74, 6) is -5.17. The van der Waals surface area contributed by atoms with Gasteiger partial charge in [-0.15, -0.1) is 0 Å². The van der Waals surface area contributed by atoms with Gasteiger partial charge in [0, 0.05) is 17.9 Å². The van der Waals surface area contributed by atoms with Crippen molar-refractivity contribution in [2.75, 3.05) is 0 Å². The van der Waals surface area contributed by atoms with Gasteiger partial charge >= 0.3 is 5.69 Å². The number of hydrogen-bond acceptors (Lipinski definition) is 4. The standard InChI is InChI=1S/C28H31F5N6O/c1-18(2)27(14-37-16-34-15-35-37,24-10-7-22(30)13-25(24)31)20(4)39-26(40)38(17-36-39)23-8-5-21(6-9-23)11-12-28(32,33)19(3)29/h5-10,13,15-20H,11-12,14H2,1-4H3/t19?,20-,27-/m1/s1. The van der Waals surface area contributed by atoms with E-state index in [1.54, 1.807) is 31.2 Å². The number of halogens is 5. The van der Waals surface area contributed by atoms with E-state index in [-0.39, 0.29) is 24.4 Å². The molecule has 0 saturated heterocycles. The average molecular weight is 563 g/mol. The van der Waals surface area contributed by atoms with Crippen LogP contribution in [0.4, 0.5) is 22.0 Å². The summed E-state index contributed by atoms with van der Waals surface area (Å²) in [6.45, 7) is 6.46. The molecule has 12 heteroatoms. The molecule has 0 aliphatic heterocycles. The van der Waals surface area contributed by atoms with E-state index in [0.29, 0.717) is 11.3 Å². The van der Waals surface area contributed by atoms with Gasteiger partial charge in [0.25, 0.3) is 5.92 Å². The normalized spacial score (nSPS) is 15.2. The van der Waals surface area contributed by atoms with Crippen molar-refractivity contribution in [3.05, 3.63) is 94.7 Å². The third-order valence-electron chi connectivity index (χ3n) is 7.70. The molecule has 214 valence electrons. The van der Waals surface area contributed by atoms with Crippen LogP contribution in [0.25, 0.3) is 5.69 Å². The van der Waals surface area contributed by atoms with Crippen LogP contribution in [0.5, 0.6) is 0 Å². The first-order chi connectivity index (χ1) is 18.9. The summed E-state index contributed by atoms with van der Waals surface area (Å²) in [7, 11) is 0. The Balaban J connectivity index is 1.71. The summed E-state index contributed by atoms with van der Waals surface area (Å²) in [6.07, 6.45) is 1.24. The molecule has 4 aromatic rings. The van der Waals surface area contributed by atoms with Crippen LogP contribution in [0.1, 0.15) is 51.3 Å². The highest BCUT2D eigenvalue weighted by Crippen LogP contribution is 2.44. The largest absolute Gasteiger partial charge is 0.350 e. The molecule has 0 radical (unpaired) electrons. The van der Waals surface area contributed by atoms with Gasteiger partial charge in [0.1, 0.15) is 30.6 Å². The first kappa shape index (κ1) is 29.2. The second kappa shape index (κ2) is 11.3. The summed E-state index contributed by atoms with van der Waals surface area (Å²) in [5, 5.41) is 8.52. The zero-order chi connectivity index (χ0) is 29.2. The van der Waals surface area contributed by atoms with Crippen LogP contribution in [0.15, 0.2) is 66.2 Å². The van der Waals surface area contributed by atoms with Crippen LogP contribution in [-0.4, -0.2) is 41.2 Å². The monoisotopic (exact) mass is 562 g/mol. The molecular formula is C28H31F5N6O. The van der Waals surface area contributed by atoms with Crippen molar-refractivity contribution in [2.24, 2.45) is 5.92 Å². The van der Waals surface area contributed by atoms with E-state index >= 15 is 4.39 Å². The van der Waals surface area contributed by atoms with Crippen LogP contribution in [0, 0.1) is 17.6 Å². The lowest BCUT2D eigenvalue weighted by Crippen LogP contribution is -2.47. The van der Waals surface area contributed by atoms with Crippen LogP contribution in [-0.2, 0) is 18.4 Å². The molecule has 4 rings (SSSR count). The van der Waals surface area contributed by atoms with Crippen molar-refractivity contribution in [2.45, 2.75) is 70.6 Å². The van der Waals surface area contributed by atoms with Gasteiger partial charge < -0.3 is 0 Å². The lowest BCUT2D eigenvalue weighted by Gasteiger charge is -2.42. The minimum absolute atomic E-state index is 0.0326. The Kier molecular flexibility index (Phi) is 8.27. The van der Waals surface area contributed by atoms with Gasteiger partial charge in [0.05, 0.1) is 18.3 Å². The van der Waals surface area contributed by atoms with E-state index in [1.807, 2.05) is 13.8 Å². The predicted molar refractivity (Wildman–Crippen MR) is 139 cm³/mol. The van der Waals surface area contributed by atoms with Crippen molar-refractivity contribution < 1.29 is 22.0 Å². The van der Waals surface area contributed by atoms with E-state index in [0.717, 1.165) is 13.0 Å². The Labute approximate surface area is 228 Å². The molecule has 0 fully saturated rings. The smallest absolute Gasteiger partial charge is 0.252 e. The Bertz CT molecular complexity index is 1480. The van der Waals surface area contributed by atoms with Gasteiger partial charge in [-0.2, -0.15) is 10.2 Å². The average Bonchev–Trinajstić information content (AvgIpc) is 3.55. The molecule has 2 aromatic heterocycles. The molecule has 1 unspecified atom stereocenters. The van der Waals surface area contributed by atoms with E-state index in [1.165, 1.54) is 45.0 Å². The molecule has 0 spiro atoms. The number of aryl methyl sites for hydroxylation is 1. The molecule has 0 bridgehead atoms. The minimum atomic E-state index is -3.42. The number of hydrogen-bond donors (Lipinski definition) is 0. The highest BCUT2D eigenvalue weighted by atomic mass is 19.3. The van der Waals surface area contributed by atoms with Crippen LogP contribution >= 0.6 is 0 Å². The maximum Gasteiger partial charge on any atom is 0.350 e. The molecule has 7 nitrogen and oxygen atoms in total. The number of benzene rings is 2. The van der Waals surface area contributed by atoms with E-state index in [4.69, 9.17) is 0 Å². The zero-order valence-corrected chi connectivity index (χ0v) is 22.6. The topological polar surface area (TPSA) is 70.5 Å². The zero-order valence-electron chi connectivity index (χ0n) is 22.6. The Morgan fingerprint density at radius 1 is 0.950 bits per heavy atom. The summed E-state index contributed by atoms with van der Waals surface area (Å²) in [5.41, 5.74) is -0.397. The fourth-order valence-electron chi connectivity index (χ4n) is 5.18. The van der Waals surface area contributed by atoms with E-state index in [9.17, 15) is 22.4 Å². The Hall–Kier alpha value is -3.83. The number of rotatable bonds is 11. The molecule has 0 saturated carbocycles. The van der Waals surface area contributed by atoms with Crippen LogP contribution < -0.4 is 5.69 Å². The lowest BCUT2D eigenvalue weighted by molar-refractivity contribution is -0.0707. The molecule has 0 amide bonds. The van der Waals surface area contributed by atoms with E-state index in [2.05, 4.69) is 15.2 Å². The van der Waals surface area contributed by atoms with Crippen LogP contribution in [0.2, 0.25) is 0 Å². The highest BCUT2D eigenvalue weighted by molar-refractivity contribution is 5.35.